The van der Waals surface area contributed by atoms with E-state index >= 15 is 0 Å². The molecule has 4 heteroatoms. The molecular weight excluding hydrogens is 284 g/mol. The Morgan fingerprint density at radius 2 is 1.81 bits per heavy atom. The van der Waals surface area contributed by atoms with Crippen LogP contribution in [0.5, 0.6) is 0 Å². The molecule has 0 atom stereocenters. The maximum Gasteiger partial charge on any atom is 0.222 e. The first-order valence-corrected chi connectivity index (χ1v) is 7.33. The van der Waals surface area contributed by atoms with Crippen LogP contribution in [0.2, 0.25) is 5.02 Å². The number of rotatable bonds is 6. The van der Waals surface area contributed by atoms with Gasteiger partial charge in [-0.2, -0.15) is 0 Å². The molecular formula is C17H19ClN2O. The van der Waals surface area contributed by atoms with E-state index in [1.54, 1.807) is 0 Å². The highest BCUT2D eigenvalue weighted by atomic mass is 35.5. The number of anilines is 1. The van der Waals surface area contributed by atoms with Gasteiger partial charge in [-0.25, -0.2) is 0 Å². The molecule has 2 N–H and O–H groups in total. The van der Waals surface area contributed by atoms with Gasteiger partial charge in [-0.15, -0.1) is 0 Å². The van der Waals surface area contributed by atoms with Crippen molar-refractivity contribution in [1.82, 2.24) is 5.32 Å². The van der Waals surface area contributed by atoms with E-state index < -0.39 is 0 Å². The van der Waals surface area contributed by atoms with Gasteiger partial charge in [-0.05, 0) is 36.2 Å². The van der Waals surface area contributed by atoms with Crippen LogP contribution < -0.4 is 10.6 Å². The molecule has 110 valence electrons. The molecule has 3 nitrogen and oxygen atoms in total. The molecule has 0 bridgehead atoms. The molecule has 0 aliphatic carbocycles. The molecule has 0 spiro atoms. The van der Waals surface area contributed by atoms with Crippen molar-refractivity contribution in [3.05, 3.63) is 64.7 Å². The van der Waals surface area contributed by atoms with E-state index in [-0.39, 0.29) is 5.91 Å². The van der Waals surface area contributed by atoms with Crippen molar-refractivity contribution in [2.24, 2.45) is 0 Å². The van der Waals surface area contributed by atoms with Gasteiger partial charge in [0.15, 0.2) is 0 Å². The number of nitrogens with one attached hydrogen (secondary N) is 2. The molecule has 0 heterocycles. The molecule has 0 fully saturated rings. The summed E-state index contributed by atoms with van der Waals surface area (Å²) in [6.07, 6.45) is 0.446. The predicted octanol–water partition coefficient (Wildman–Crippen LogP) is 3.77. The largest absolute Gasteiger partial charge is 0.384 e. The lowest BCUT2D eigenvalue weighted by atomic mass is 10.2. The Morgan fingerprint density at radius 3 is 2.52 bits per heavy atom. The second-order valence-corrected chi connectivity index (χ2v) is 5.33. The second-order valence-electron chi connectivity index (χ2n) is 4.89. The third-order valence-corrected chi connectivity index (χ3v) is 3.47. The first kappa shape index (κ1) is 15.4. The fourth-order valence-electron chi connectivity index (χ4n) is 1.97. The maximum atomic E-state index is 11.8. The van der Waals surface area contributed by atoms with Gasteiger partial charge >= 0.3 is 0 Å². The average molecular weight is 303 g/mol. The summed E-state index contributed by atoms with van der Waals surface area (Å²) >= 11 is 5.82. The van der Waals surface area contributed by atoms with E-state index in [1.165, 1.54) is 5.56 Å². The van der Waals surface area contributed by atoms with Gasteiger partial charge in [0.1, 0.15) is 0 Å². The Morgan fingerprint density at radius 1 is 1.10 bits per heavy atom. The van der Waals surface area contributed by atoms with Crippen LogP contribution in [0.1, 0.15) is 17.5 Å². The van der Waals surface area contributed by atoms with Crippen LogP contribution >= 0.6 is 11.6 Å². The third-order valence-electron chi connectivity index (χ3n) is 3.22. The smallest absolute Gasteiger partial charge is 0.222 e. The summed E-state index contributed by atoms with van der Waals surface area (Å²) in [5, 5.41) is 6.87. The molecule has 2 aromatic rings. The first-order valence-electron chi connectivity index (χ1n) is 6.96. The summed E-state index contributed by atoms with van der Waals surface area (Å²) in [4.78, 5) is 11.8. The zero-order chi connectivity index (χ0) is 15.1. The topological polar surface area (TPSA) is 41.1 Å². The van der Waals surface area contributed by atoms with Crippen molar-refractivity contribution < 1.29 is 4.79 Å². The molecule has 21 heavy (non-hydrogen) atoms. The van der Waals surface area contributed by atoms with E-state index in [1.807, 2.05) is 55.5 Å². The summed E-state index contributed by atoms with van der Waals surface area (Å²) in [6.45, 7) is 3.20. The molecule has 0 radical (unpaired) electrons. The van der Waals surface area contributed by atoms with Crippen LogP contribution in [0.4, 0.5) is 5.69 Å². The van der Waals surface area contributed by atoms with Gasteiger partial charge in [0.05, 0.1) is 0 Å². The molecule has 2 aromatic carbocycles. The summed E-state index contributed by atoms with van der Waals surface area (Å²) in [6, 6.07) is 15.5. The zero-order valence-corrected chi connectivity index (χ0v) is 12.8. The normalized spacial score (nSPS) is 10.2. The highest BCUT2D eigenvalue weighted by Crippen LogP contribution is 2.12. The number of para-hydroxylation sites is 1. The van der Waals surface area contributed by atoms with Crippen LogP contribution in [0.25, 0.3) is 0 Å². The number of halogens is 1. The number of carbonyl (C=O) groups is 1. The highest BCUT2D eigenvalue weighted by Gasteiger charge is 2.02. The van der Waals surface area contributed by atoms with Crippen LogP contribution in [0.3, 0.4) is 0 Å². The first-order chi connectivity index (χ1) is 10.1. The summed E-state index contributed by atoms with van der Waals surface area (Å²) in [5.41, 5.74) is 3.29. The average Bonchev–Trinajstić information content (AvgIpc) is 2.49. The number of aryl methyl sites for hydroxylation is 1. The Labute approximate surface area is 130 Å². The van der Waals surface area contributed by atoms with Gasteiger partial charge in [0.25, 0.3) is 0 Å². The molecule has 2 rings (SSSR count). The van der Waals surface area contributed by atoms with E-state index in [9.17, 15) is 4.79 Å². The number of carbonyl (C=O) groups excluding carboxylic acids is 1. The molecule has 0 aromatic heterocycles. The van der Waals surface area contributed by atoms with Crippen molar-refractivity contribution in [2.45, 2.75) is 19.9 Å². The van der Waals surface area contributed by atoms with E-state index in [0.717, 1.165) is 11.3 Å². The van der Waals surface area contributed by atoms with Gasteiger partial charge in [0.2, 0.25) is 5.91 Å². The number of amides is 1. The number of benzene rings is 2. The number of hydrogen-bond donors (Lipinski definition) is 2. The van der Waals surface area contributed by atoms with Crippen LogP contribution in [0, 0.1) is 6.92 Å². The zero-order valence-electron chi connectivity index (χ0n) is 12.0. The molecule has 0 unspecified atom stereocenters. The van der Waals surface area contributed by atoms with Crippen molar-refractivity contribution in [3.8, 4) is 0 Å². The van der Waals surface area contributed by atoms with Gasteiger partial charge in [0, 0.05) is 30.2 Å². The van der Waals surface area contributed by atoms with Gasteiger partial charge in [-0.1, -0.05) is 41.9 Å². The molecule has 0 aliphatic heterocycles. The maximum absolute atomic E-state index is 11.8. The second kappa shape index (κ2) is 7.70. The predicted molar refractivity (Wildman–Crippen MR) is 87.6 cm³/mol. The van der Waals surface area contributed by atoms with Gasteiger partial charge in [-0.3, -0.25) is 4.79 Å². The standard InChI is InChI=1S/C17H19ClN2O/c1-13-4-2-3-5-16(13)19-11-10-17(21)20-12-14-6-8-15(18)9-7-14/h2-9,19H,10-12H2,1H3,(H,20,21). The quantitative estimate of drug-likeness (QED) is 0.853. The summed E-state index contributed by atoms with van der Waals surface area (Å²) < 4.78 is 0. The third kappa shape index (κ3) is 5.12. The SMILES string of the molecule is Cc1ccccc1NCCC(=O)NCc1ccc(Cl)cc1. The summed E-state index contributed by atoms with van der Waals surface area (Å²) in [7, 11) is 0. The lowest BCUT2D eigenvalue weighted by Gasteiger charge is -2.09. The fourth-order valence-corrected chi connectivity index (χ4v) is 2.10. The summed E-state index contributed by atoms with van der Waals surface area (Å²) in [5.74, 6) is 0.0334. The Hall–Kier alpha value is -2.00. The minimum Gasteiger partial charge on any atom is -0.384 e. The van der Waals surface area contributed by atoms with E-state index in [0.29, 0.717) is 24.5 Å². The molecule has 1 amide bonds. The van der Waals surface area contributed by atoms with Crippen molar-refractivity contribution in [1.29, 1.82) is 0 Å². The van der Waals surface area contributed by atoms with Gasteiger partial charge < -0.3 is 10.6 Å². The Balaban J connectivity index is 1.70. The van der Waals surface area contributed by atoms with E-state index in [2.05, 4.69) is 10.6 Å². The minimum atomic E-state index is 0.0334. The highest BCUT2D eigenvalue weighted by molar-refractivity contribution is 6.30. The molecule has 0 aliphatic rings. The number of hydrogen-bond acceptors (Lipinski definition) is 2. The minimum absolute atomic E-state index is 0.0334. The lowest BCUT2D eigenvalue weighted by molar-refractivity contribution is -0.121. The fraction of sp³-hybridized carbons (Fsp3) is 0.235. The molecule has 0 saturated carbocycles. The lowest BCUT2D eigenvalue weighted by Crippen LogP contribution is -2.24. The van der Waals surface area contributed by atoms with Crippen LogP contribution in [-0.2, 0) is 11.3 Å². The monoisotopic (exact) mass is 302 g/mol. The van der Waals surface area contributed by atoms with Crippen LogP contribution in [0.15, 0.2) is 48.5 Å². The van der Waals surface area contributed by atoms with Crippen molar-refractivity contribution in [2.75, 3.05) is 11.9 Å². The van der Waals surface area contributed by atoms with Crippen LogP contribution in [-0.4, -0.2) is 12.5 Å². The van der Waals surface area contributed by atoms with Crippen molar-refractivity contribution >= 4 is 23.2 Å². The Bertz CT molecular complexity index is 596. The van der Waals surface area contributed by atoms with Crippen molar-refractivity contribution in [3.63, 3.8) is 0 Å². The Kier molecular flexibility index (Phi) is 5.64. The molecule has 0 saturated heterocycles. The van der Waals surface area contributed by atoms with E-state index in [4.69, 9.17) is 11.6 Å².